The fraction of sp³-hybridized carbons (Fsp3) is 0.250. The van der Waals surface area contributed by atoms with Gasteiger partial charge in [0.1, 0.15) is 5.76 Å². The van der Waals surface area contributed by atoms with Crippen LogP contribution in [0.5, 0.6) is 0 Å². The van der Waals surface area contributed by atoms with Crippen molar-refractivity contribution in [1.82, 2.24) is 0 Å². The molecule has 1 heterocycles. The number of ether oxygens (including phenoxy) is 1. The summed E-state index contributed by atoms with van der Waals surface area (Å²) in [6, 6.07) is 0. The molecule has 1 aliphatic rings. The van der Waals surface area contributed by atoms with E-state index in [-0.39, 0.29) is 0 Å². The Morgan fingerprint density at radius 2 is 2.30 bits per heavy atom. The quantitative estimate of drug-likeness (QED) is 0.585. The minimum atomic E-state index is 0.721. The van der Waals surface area contributed by atoms with Crippen LogP contribution in [0.2, 0.25) is 0 Å². The molecule has 1 nitrogen and oxygen atoms in total. The Kier molecular flexibility index (Phi) is 2.75. The maximum absolute atomic E-state index is 5.18. The fourth-order valence-corrected chi connectivity index (χ4v) is 1.04. The highest BCUT2D eigenvalue weighted by Gasteiger charge is 1.93. The van der Waals surface area contributed by atoms with Crippen molar-refractivity contribution in [2.45, 2.75) is 6.42 Å². The minimum absolute atomic E-state index is 0.721. The average molecular weight is 201 g/mol. The Labute approximate surface area is 69.2 Å². The number of hydrogen-bond acceptors (Lipinski definition) is 1. The molecule has 0 atom stereocenters. The summed E-state index contributed by atoms with van der Waals surface area (Å²) >= 11 is 3.38. The van der Waals surface area contributed by atoms with E-state index in [1.165, 1.54) is 0 Å². The molecule has 54 valence electrons. The summed E-state index contributed by atoms with van der Waals surface area (Å²) in [5, 5.41) is 0. The molecule has 0 saturated carbocycles. The van der Waals surface area contributed by atoms with Crippen LogP contribution in [0, 0.1) is 0 Å². The highest BCUT2D eigenvalue weighted by Crippen LogP contribution is 2.12. The van der Waals surface area contributed by atoms with E-state index in [1.807, 2.05) is 12.2 Å². The van der Waals surface area contributed by atoms with E-state index in [2.05, 4.69) is 28.6 Å². The van der Waals surface area contributed by atoms with Crippen molar-refractivity contribution in [3.63, 3.8) is 0 Å². The Bertz CT molecular complexity index is 191. The normalized spacial score (nSPS) is 27.3. The zero-order valence-corrected chi connectivity index (χ0v) is 7.23. The predicted molar refractivity (Wildman–Crippen MR) is 45.9 cm³/mol. The van der Waals surface area contributed by atoms with Crippen LogP contribution in [0.25, 0.3) is 0 Å². The third kappa shape index (κ3) is 2.40. The molecule has 0 aromatic rings. The Morgan fingerprint density at radius 3 is 3.10 bits per heavy atom. The van der Waals surface area contributed by atoms with Crippen LogP contribution in [-0.4, -0.2) is 6.61 Å². The van der Waals surface area contributed by atoms with Crippen LogP contribution in [0.4, 0.5) is 0 Å². The van der Waals surface area contributed by atoms with E-state index >= 15 is 0 Å². The van der Waals surface area contributed by atoms with E-state index in [4.69, 9.17) is 4.74 Å². The second-order valence-electron chi connectivity index (χ2n) is 2.03. The number of hydrogen-bond donors (Lipinski definition) is 0. The summed E-state index contributed by atoms with van der Waals surface area (Å²) in [5.41, 5.74) is 0. The molecule has 0 saturated heterocycles. The summed E-state index contributed by atoms with van der Waals surface area (Å²) in [4.78, 5) is 0. The number of allylic oxidation sites excluding steroid dienone is 3. The van der Waals surface area contributed by atoms with Crippen molar-refractivity contribution in [2.24, 2.45) is 0 Å². The lowest BCUT2D eigenvalue weighted by Crippen LogP contribution is -1.92. The predicted octanol–water partition coefficient (Wildman–Crippen LogP) is 2.76. The molecule has 0 amide bonds. The lowest BCUT2D eigenvalue weighted by atomic mass is 10.3. The molecular formula is C8H9BrO. The second-order valence-corrected chi connectivity index (χ2v) is 2.94. The van der Waals surface area contributed by atoms with Gasteiger partial charge in [0.25, 0.3) is 0 Å². The van der Waals surface area contributed by atoms with Gasteiger partial charge in [0.2, 0.25) is 0 Å². The van der Waals surface area contributed by atoms with Crippen LogP contribution >= 0.6 is 15.9 Å². The van der Waals surface area contributed by atoms with E-state index in [9.17, 15) is 0 Å². The summed E-state index contributed by atoms with van der Waals surface area (Å²) in [6.07, 6.45) is 6.79. The molecular weight excluding hydrogens is 192 g/mol. The van der Waals surface area contributed by atoms with Gasteiger partial charge in [-0.2, -0.15) is 0 Å². The molecule has 2 heteroatoms. The summed E-state index contributed by atoms with van der Waals surface area (Å²) in [6.45, 7) is 4.41. The first kappa shape index (κ1) is 7.61. The van der Waals surface area contributed by atoms with Crippen molar-refractivity contribution >= 4 is 15.9 Å². The molecule has 0 unspecified atom stereocenters. The Morgan fingerprint density at radius 1 is 1.50 bits per heavy atom. The third-order valence-corrected chi connectivity index (χ3v) is 1.76. The van der Waals surface area contributed by atoms with Gasteiger partial charge < -0.3 is 4.74 Å². The largest absolute Gasteiger partial charge is 0.494 e. The van der Waals surface area contributed by atoms with Gasteiger partial charge in [-0.05, 0) is 12.2 Å². The number of rotatable bonds is 0. The molecule has 0 aromatic heterocycles. The van der Waals surface area contributed by atoms with E-state index in [1.54, 1.807) is 0 Å². The molecule has 0 N–H and O–H groups in total. The van der Waals surface area contributed by atoms with E-state index in [0.29, 0.717) is 0 Å². The third-order valence-electron chi connectivity index (χ3n) is 1.17. The molecule has 0 bridgehead atoms. The van der Waals surface area contributed by atoms with Crippen LogP contribution in [0.3, 0.4) is 0 Å². The summed E-state index contributed by atoms with van der Waals surface area (Å²) in [7, 11) is 0. The van der Waals surface area contributed by atoms with Crippen molar-refractivity contribution in [3.05, 3.63) is 35.0 Å². The maximum atomic E-state index is 5.18. The van der Waals surface area contributed by atoms with Gasteiger partial charge in [-0.15, -0.1) is 0 Å². The molecule has 0 radical (unpaired) electrons. The van der Waals surface area contributed by atoms with Crippen LogP contribution in [-0.2, 0) is 4.74 Å². The van der Waals surface area contributed by atoms with Gasteiger partial charge in [-0.1, -0.05) is 28.6 Å². The van der Waals surface area contributed by atoms with Gasteiger partial charge in [-0.3, -0.25) is 0 Å². The van der Waals surface area contributed by atoms with Crippen molar-refractivity contribution < 1.29 is 4.74 Å². The SMILES string of the molecule is C=C1/C=C\C(Br)=C/CCO1. The van der Waals surface area contributed by atoms with Gasteiger partial charge in [0, 0.05) is 10.9 Å². The first-order chi connectivity index (χ1) is 4.79. The molecule has 10 heavy (non-hydrogen) atoms. The van der Waals surface area contributed by atoms with Crippen LogP contribution in [0.15, 0.2) is 35.0 Å². The highest BCUT2D eigenvalue weighted by molar-refractivity contribution is 9.11. The fourth-order valence-electron chi connectivity index (χ4n) is 0.676. The van der Waals surface area contributed by atoms with Crippen LogP contribution in [0.1, 0.15) is 6.42 Å². The highest BCUT2D eigenvalue weighted by atomic mass is 79.9. The van der Waals surface area contributed by atoms with Gasteiger partial charge >= 0.3 is 0 Å². The lowest BCUT2D eigenvalue weighted by molar-refractivity contribution is 0.231. The first-order valence-electron chi connectivity index (χ1n) is 3.14. The van der Waals surface area contributed by atoms with E-state index in [0.717, 1.165) is 23.3 Å². The zero-order chi connectivity index (χ0) is 7.40. The summed E-state index contributed by atoms with van der Waals surface area (Å²) < 4.78 is 6.28. The lowest BCUT2D eigenvalue weighted by Gasteiger charge is -2.05. The molecule has 1 rings (SSSR count). The molecule has 0 aliphatic carbocycles. The standard InChI is InChI=1S/C8H9BrO/c1-7-4-5-8(9)3-2-6-10-7/h3-5H,1-2,6H2/b5-4-,8-3+. The summed E-state index contributed by atoms with van der Waals surface area (Å²) in [5.74, 6) is 0.727. The first-order valence-corrected chi connectivity index (χ1v) is 3.94. The maximum Gasteiger partial charge on any atom is 0.112 e. The topological polar surface area (TPSA) is 9.23 Å². The monoisotopic (exact) mass is 200 g/mol. The average Bonchev–Trinajstić information content (AvgIpc) is 1.90. The molecule has 0 spiro atoms. The van der Waals surface area contributed by atoms with Gasteiger partial charge in [0.05, 0.1) is 6.61 Å². The van der Waals surface area contributed by atoms with Crippen molar-refractivity contribution in [3.8, 4) is 0 Å². The van der Waals surface area contributed by atoms with E-state index < -0.39 is 0 Å². The Balaban J connectivity index is 2.66. The zero-order valence-electron chi connectivity index (χ0n) is 5.64. The molecule has 1 aliphatic heterocycles. The molecule has 0 fully saturated rings. The second kappa shape index (κ2) is 3.62. The Hall–Kier alpha value is -0.500. The molecule has 0 aromatic carbocycles. The van der Waals surface area contributed by atoms with Crippen molar-refractivity contribution in [2.75, 3.05) is 6.61 Å². The van der Waals surface area contributed by atoms with Gasteiger partial charge in [0.15, 0.2) is 0 Å². The van der Waals surface area contributed by atoms with Crippen LogP contribution < -0.4 is 0 Å². The smallest absolute Gasteiger partial charge is 0.112 e. The number of halogens is 1. The minimum Gasteiger partial charge on any atom is -0.494 e. The van der Waals surface area contributed by atoms with Gasteiger partial charge in [-0.25, -0.2) is 0 Å². The van der Waals surface area contributed by atoms with Crippen molar-refractivity contribution in [1.29, 1.82) is 0 Å².